The lowest BCUT2D eigenvalue weighted by molar-refractivity contribution is -0.123. The summed E-state index contributed by atoms with van der Waals surface area (Å²) in [6.07, 6.45) is 8.96. The number of Topliss-reactive ketones (excluding diaryl/α,β-unsaturated/α-hetero) is 1. The number of hydrogen-bond donors (Lipinski definition) is 0. The SMILES string of the molecule is COc1ccc(CC[C@@]23CC=C(C)C(=O)[C@@H]2CCC3)cc1. The third-order valence-electron chi connectivity index (χ3n) is 5.50. The van der Waals surface area contributed by atoms with Crippen molar-refractivity contribution < 1.29 is 9.53 Å². The second-order valence-corrected chi connectivity index (χ2v) is 6.61. The molecule has 0 saturated heterocycles. The number of rotatable bonds is 4. The van der Waals surface area contributed by atoms with E-state index in [9.17, 15) is 4.79 Å². The van der Waals surface area contributed by atoms with Crippen LogP contribution in [-0.4, -0.2) is 12.9 Å². The van der Waals surface area contributed by atoms with Crippen LogP contribution in [0.3, 0.4) is 0 Å². The van der Waals surface area contributed by atoms with Crippen LogP contribution in [0, 0.1) is 11.3 Å². The zero-order valence-electron chi connectivity index (χ0n) is 13.0. The molecule has 1 saturated carbocycles. The molecule has 1 aromatic carbocycles. The molecule has 0 N–H and O–H groups in total. The largest absolute Gasteiger partial charge is 0.497 e. The minimum Gasteiger partial charge on any atom is -0.497 e. The average Bonchev–Trinajstić information content (AvgIpc) is 2.95. The Balaban J connectivity index is 1.72. The third kappa shape index (κ3) is 2.64. The lowest BCUT2D eigenvalue weighted by Crippen LogP contribution is -2.35. The average molecular weight is 284 g/mol. The fourth-order valence-corrected chi connectivity index (χ4v) is 4.11. The van der Waals surface area contributed by atoms with E-state index in [4.69, 9.17) is 4.74 Å². The predicted molar refractivity (Wildman–Crippen MR) is 84.5 cm³/mol. The van der Waals surface area contributed by atoms with E-state index in [0.29, 0.717) is 5.78 Å². The number of carbonyl (C=O) groups is 1. The van der Waals surface area contributed by atoms with Gasteiger partial charge in [-0.1, -0.05) is 24.6 Å². The van der Waals surface area contributed by atoms with Gasteiger partial charge in [0.15, 0.2) is 5.78 Å². The van der Waals surface area contributed by atoms with Gasteiger partial charge in [-0.05, 0) is 67.7 Å². The van der Waals surface area contributed by atoms with Crippen LogP contribution < -0.4 is 4.74 Å². The lowest BCUT2D eigenvalue weighted by Gasteiger charge is -2.37. The van der Waals surface area contributed by atoms with Gasteiger partial charge in [-0.15, -0.1) is 0 Å². The van der Waals surface area contributed by atoms with Gasteiger partial charge in [0.25, 0.3) is 0 Å². The van der Waals surface area contributed by atoms with Crippen molar-refractivity contribution in [1.82, 2.24) is 0 Å². The van der Waals surface area contributed by atoms with Crippen molar-refractivity contribution in [3.63, 3.8) is 0 Å². The first kappa shape index (κ1) is 14.4. The highest BCUT2D eigenvalue weighted by atomic mass is 16.5. The summed E-state index contributed by atoms with van der Waals surface area (Å²) < 4.78 is 5.21. The molecule has 0 bridgehead atoms. The van der Waals surface area contributed by atoms with Crippen molar-refractivity contribution in [2.45, 2.75) is 45.4 Å². The van der Waals surface area contributed by atoms with Crippen molar-refractivity contribution in [3.05, 3.63) is 41.5 Å². The predicted octanol–water partition coefficient (Wildman–Crippen LogP) is 4.33. The maximum absolute atomic E-state index is 12.4. The van der Waals surface area contributed by atoms with E-state index in [0.717, 1.165) is 37.0 Å². The number of aryl methyl sites for hydroxylation is 1. The van der Waals surface area contributed by atoms with Gasteiger partial charge in [0.05, 0.1) is 7.11 Å². The second kappa shape index (κ2) is 5.67. The first-order valence-electron chi connectivity index (χ1n) is 7.98. The Hall–Kier alpha value is -1.57. The van der Waals surface area contributed by atoms with Gasteiger partial charge in [0.1, 0.15) is 5.75 Å². The maximum atomic E-state index is 12.4. The maximum Gasteiger partial charge on any atom is 0.161 e. The molecule has 3 rings (SSSR count). The van der Waals surface area contributed by atoms with Crippen LogP contribution in [0.4, 0.5) is 0 Å². The topological polar surface area (TPSA) is 26.3 Å². The van der Waals surface area contributed by atoms with E-state index in [1.165, 1.54) is 18.4 Å². The first-order valence-corrected chi connectivity index (χ1v) is 7.98. The van der Waals surface area contributed by atoms with Crippen molar-refractivity contribution >= 4 is 5.78 Å². The highest BCUT2D eigenvalue weighted by molar-refractivity contribution is 5.98. The van der Waals surface area contributed by atoms with Crippen molar-refractivity contribution in [1.29, 1.82) is 0 Å². The molecule has 2 heteroatoms. The quantitative estimate of drug-likeness (QED) is 0.822. The molecular formula is C19H24O2. The van der Waals surface area contributed by atoms with Crippen LogP contribution in [0.1, 0.15) is 44.6 Å². The summed E-state index contributed by atoms with van der Waals surface area (Å²) in [5.74, 6) is 1.59. The molecule has 1 aromatic rings. The Kier molecular flexibility index (Phi) is 3.88. The van der Waals surface area contributed by atoms with E-state index in [1.807, 2.05) is 19.1 Å². The number of methoxy groups -OCH3 is 1. The van der Waals surface area contributed by atoms with E-state index in [-0.39, 0.29) is 11.3 Å². The standard InChI is InChI=1S/C19H24O2/c1-14-9-12-19(11-3-4-17(19)18(14)20)13-10-15-5-7-16(21-2)8-6-15/h5-9,17H,3-4,10-13H2,1-2H3/t17-,19+/m0/s1. The molecule has 0 heterocycles. The van der Waals surface area contributed by atoms with E-state index in [2.05, 4.69) is 18.2 Å². The Bertz CT molecular complexity index is 555. The van der Waals surface area contributed by atoms with Gasteiger partial charge in [-0.25, -0.2) is 0 Å². The number of hydrogen-bond acceptors (Lipinski definition) is 2. The molecule has 0 spiro atoms. The molecule has 0 radical (unpaired) electrons. The summed E-state index contributed by atoms with van der Waals surface area (Å²) in [5.41, 5.74) is 2.56. The minimum absolute atomic E-state index is 0.233. The summed E-state index contributed by atoms with van der Waals surface area (Å²) in [5, 5.41) is 0. The molecule has 21 heavy (non-hydrogen) atoms. The van der Waals surface area contributed by atoms with Crippen molar-refractivity contribution in [3.8, 4) is 5.75 Å². The van der Waals surface area contributed by atoms with Crippen LogP contribution in [0.15, 0.2) is 35.9 Å². The van der Waals surface area contributed by atoms with Crippen LogP contribution in [-0.2, 0) is 11.2 Å². The summed E-state index contributed by atoms with van der Waals surface area (Å²) >= 11 is 0. The number of fused-ring (bicyclic) bond motifs is 1. The molecule has 0 aliphatic heterocycles. The molecule has 1 fully saturated rings. The normalized spacial score (nSPS) is 28.2. The molecular weight excluding hydrogens is 260 g/mol. The third-order valence-corrected chi connectivity index (χ3v) is 5.50. The molecule has 0 unspecified atom stereocenters. The van der Waals surface area contributed by atoms with Gasteiger partial charge in [0, 0.05) is 5.92 Å². The van der Waals surface area contributed by atoms with Crippen LogP contribution in [0.25, 0.3) is 0 Å². The molecule has 0 amide bonds. The first-order chi connectivity index (χ1) is 10.1. The van der Waals surface area contributed by atoms with Gasteiger partial charge in [-0.2, -0.15) is 0 Å². The Morgan fingerprint density at radius 1 is 1.29 bits per heavy atom. The fourth-order valence-electron chi connectivity index (χ4n) is 4.11. The molecule has 2 atom stereocenters. The highest BCUT2D eigenvalue weighted by Gasteiger charge is 2.47. The van der Waals surface area contributed by atoms with Crippen molar-refractivity contribution in [2.24, 2.45) is 11.3 Å². The summed E-state index contributed by atoms with van der Waals surface area (Å²) in [6.45, 7) is 1.98. The summed E-state index contributed by atoms with van der Waals surface area (Å²) in [6, 6.07) is 8.33. The number of ether oxygens (including phenoxy) is 1. The molecule has 112 valence electrons. The monoisotopic (exact) mass is 284 g/mol. The van der Waals surface area contributed by atoms with Crippen LogP contribution in [0.5, 0.6) is 5.75 Å². The Morgan fingerprint density at radius 2 is 2.05 bits per heavy atom. The smallest absolute Gasteiger partial charge is 0.161 e. The minimum atomic E-state index is 0.233. The number of ketones is 1. The number of benzene rings is 1. The van der Waals surface area contributed by atoms with Gasteiger partial charge < -0.3 is 4.74 Å². The lowest BCUT2D eigenvalue weighted by atomic mass is 9.66. The molecule has 2 nitrogen and oxygen atoms in total. The van der Waals surface area contributed by atoms with Gasteiger partial charge in [-0.3, -0.25) is 4.79 Å². The zero-order chi connectivity index (χ0) is 14.9. The van der Waals surface area contributed by atoms with Crippen LogP contribution in [0.2, 0.25) is 0 Å². The summed E-state index contributed by atoms with van der Waals surface area (Å²) in [4.78, 5) is 12.4. The van der Waals surface area contributed by atoms with E-state index >= 15 is 0 Å². The second-order valence-electron chi connectivity index (χ2n) is 6.61. The Labute approximate surface area is 127 Å². The molecule has 2 aliphatic rings. The highest BCUT2D eigenvalue weighted by Crippen LogP contribution is 2.52. The number of carbonyl (C=O) groups excluding carboxylic acids is 1. The van der Waals surface area contributed by atoms with Crippen LogP contribution >= 0.6 is 0 Å². The molecule has 2 aliphatic carbocycles. The Morgan fingerprint density at radius 3 is 2.76 bits per heavy atom. The van der Waals surface area contributed by atoms with E-state index < -0.39 is 0 Å². The summed E-state index contributed by atoms with van der Waals surface area (Å²) in [7, 11) is 1.69. The van der Waals surface area contributed by atoms with Gasteiger partial charge in [0.2, 0.25) is 0 Å². The number of allylic oxidation sites excluding steroid dienone is 2. The fraction of sp³-hybridized carbons (Fsp3) is 0.526. The zero-order valence-corrected chi connectivity index (χ0v) is 13.0. The van der Waals surface area contributed by atoms with E-state index in [1.54, 1.807) is 7.11 Å². The van der Waals surface area contributed by atoms with Crippen molar-refractivity contribution in [2.75, 3.05) is 7.11 Å². The van der Waals surface area contributed by atoms with Gasteiger partial charge >= 0.3 is 0 Å². The molecule has 0 aromatic heterocycles.